The van der Waals surface area contributed by atoms with Gasteiger partial charge in [0.1, 0.15) is 6.04 Å². The Kier molecular flexibility index (Phi) is 9.02. The maximum absolute atomic E-state index is 12.6. The summed E-state index contributed by atoms with van der Waals surface area (Å²) in [4.78, 5) is 27.1. The summed E-state index contributed by atoms with van der Waals surface area (Å²) in [5.41, 5.74) is 1.87. The second kappa shape index (κ2) is 11.7. The molecule has 0 fully saturated rings. The summed E-state index contributed by atoms with van der Waals surface area (Å²) in [6, 6.07) is 18.4. The van der Waals surface area contributed by atoms with Crippen LogP contribution in [0.3, 0.4) is 0 Å². The molecular formula is C23H32N4O2. The highest BCUT2D eigenvalue weighted by Crippen LogP contribution is 2.13. The van der Waals surface area contributed by atoms with Gasteiger partial charge >= 0.3 is 6.03 Å². The van der Waals surface area contributed by atoms with Crippen LogP contribution in [0, 0.1) is 5.92 Å². The van der Waals surface area contributed by atoms with Crippen molar-refractivity contribution >= 4 is 23.3 Å². The molecule has 6 heteroatoms. The van der Waals surface area contributed by atoms with E-state index in [1.807, 2.05) is 50.2 Å². The predicted octanol–water partition coefficient (Wildman–Crippen LogP) is 3.87. The van der Waals surface area contributed by atoms with E-state index in [1.165, 1.54) is 5.69 Å². The first kappa shape index (κ1) is 22.3. The van der Waals surface area contributed by atoms with Gasteiger partial charge in [0.15, 0.2) is 0 Å². The van der Waals surface area contributed by atoms with Crippen LogP contribution in [-0.2, 0) is 4.79 Å². The van der Waals surface area contributed by atoms with E-state index >= 15 is 0 Å². The first-order valence-corrected chi connectivity index (χ1v) is 10.2. The van der Waals surface area contributed by atoms with E-state index in [4.69, 9.17) is 0 Å². The summed E-state index contributed by atoms with van der Waals surface area (Å²) >= 11 is 0. The van der Waals surface area contributed by atoms with Gasteiger partial charge in [-0.05, 0) is 43.5 Å². The van der Waals surface area contributed by atoms with Crippen LogP contribution < -0.4 is 20.9 Å². The number of nitrogens with zero attached hydrogens (tertiary/aromatic N) is 1. The summed E-state index contributed by atoms with van der Waals surface area (Å²) in [6.07, 6.45) is 0.829. The van der Waals surface area contributed by atoms with Crippen LogP contribution in [0.2, 0.25) is 0 Å². The van der Waals surface area contributed by atoms with E-state index < -0.39 is 6.04 Å². The van der Waals surface area contributed by atoms with Gasteiger partial charge in [0.05, 0.1) is 0 Å². The van der Waals surface area contributed by atoms with E-state index in [1.54, 1.807) is 12.1 Å². The van der Waals surface area contributed by atoms with Crippen LogP contribution in [0.1, 0.15) is 27.2 Å². The minimum absolute atomic E-state index is 0.0204. The minimum Gasteiger partial charge on any atom is -0.372 e. The highest BCUT2D eigenvalue weighted by molar-refractivity contribution is 5.93. The van der Waals surface area contributed by atoms with Crippen LogP contribution in [-0.4, -0.2) is 37.6 Å². The number of nitrogens with one attached hydrogen (secondary N) is 3. The van der Waals surface area contributed by atoms with Crippen molar-refractivity contribution in [2.75, 3.05) is 29.9 Å². The van der Waals surface area contributed by atoms with Crippen LogP contribution in [0.25, 0.3) is 0 Å². The second-order valence-electron chi connectivity index (χ2n) is 7.25. The van der Waals surface area contributed by atoms with E-state index in [0.29, 0.717) is 12.2 Å². The van der Waals surface area contributed by atoms with Gasteiger partial charge in [-0.15, -0.1) is 0 Å². The maximum Gasteiger partial charge on any atom is 0.319 e. The van der Waals surface area contributed by atoms with Crippen LogP contribution in [0.15, 0.2) is 60.7 Å². The van der Waals surface area contributed by atoms with Crippen molar-refractivity contribution in [3.63, 3.8) is 0 Å². The quantitative estimate of drug-likeness (QED) is 0.534. The lowest BCUT2D eigenvalue weighted by Gasteiger charge is -2.24. The summed E-state index contributed by atoms with van der Waals surface area (Å²) in [5, 5.41) is 8.49. The number of para-hydroxylation sites is 2. The van der Waals surface area contributed by atoms with Gasteiger partial charge in [0.2, 0.25) is 5.91 Å². The van der Waals surface area contributed by atoms with Crippen molar-refractivity contribution in [1.82, 2.24) is 10.6 Å². The highest BCUT2D eigenvalue weighted by atomic mass is 16.2. The molecule has 3 amide bonds. The fourth-order valence-electron chi connectivity index (χ4n) is 3.06. The third-order valence-electron chi connectivity index (χ3n) is 4.67. The third-order valence-corrected chi connectivity index (χ3v) is 4.67. The zero-order valence-electron chi connectivity index (χ0n) is 17.5. The van der Waals surface area contributed by atoms with Gasteiger partial charge < -0.3 is 20.9 Å². The minimum atomic E-state index is -0.588. The molecule has 0 heterocycles. The van der Waals surface area contributed by atoms with Crippen molar-refractivity contribution in [2.45, 2.75) is 33.2 Å². The molecular weight excluding hydrogens is 364 g/mol. The second-order valence-corrected chi connectivity index (χ2v) is 7.25. The fourth-order valence-corrected chi connectivity index (χ4v) is 3.06. The molecule has 6 nitrogen and oxygen atoms in total. The van der Waals surface area contributed by atoms with E-state index in [-0.39, 0.29) is 17.9 Å². The number of hydrogen-bond acceptors (Lipinski definition) is 3. The number of hydrogen-bond donors (Lipinski definition) is 3. The molecule has 29 heavy (non-hydrogen) atoms. The van der Waals surface area contributed by atoms with E-state index in [2.05, 4.69) is 39.9 Å². The fraction of sp³-hybridized carbons (Fsp3) is 0.391. The van der Waals surface area contributed by atoms with Gasteiger partial charge in [-0.1, -0.05) is 50.2 Å². The Labute approximate surface area is 173 Å². The molecule has 1 atom stereocenters. The average molecular weight is 397 g/mol. The number of urea groups is 1. The largest absolute Gasteiger partial charge is 0.372 e. The molecule has 0 aliphatic carbocycles. The molecule has 2 rings (SSSR count). The molecule has 2 aromatic rings. The lowest BCUT2D eigenvalue weighted by Crippen LogP contribution is -2.51. The molecule has 3 N–H and O–H groups in total. The Bertz CT molecular complexity index is 750. The van der Waals surface area contributed by atoms with Gasteiger partial charge in [-0.25, -0.2) is 4.79 Å². The summed E-state index contributed by atoms with van der Waals surface area (Å²) in [7, 11) is 0. The maximum atomic E-state index is 12.6. The van der Waals surface area contributed by atoms with Crippen molar-refractivity contribution in [1.29, 1.82) is 0 Å². The summed E-state index contributed by atoms with van der Waals surface area (Å²) < 4.78 is 0. The number of anilines is 2. The zero-order valence-corrected chi connectivity index (χ0v) is 17.5. The Hall–Kier alpha value is -3.02. The average Bonchev–Trinajstić information content (AvgIpc) is 2.73. The monoisotopic (exact) mass is 396 g/mol. The molecule has 0 aliphatic heterocycles. The molecule has 0 radical (unpaired) electrons. The first-order chi connectivity index (χ1) is 14.0. The molecule has 0 aromatic heterocycles. The smallest absolute Gasteiger partial charge is 0.319 e. The topological polar surface area (TPSA) is 73.5 Å². The standard InChI is InChI=1S/C23H32N4O2/c1-4-27(20-14-9-6-10-15-20)17-11-16-24-22(28)21(18(2)3)26-23(29)25-19-12-7-5-8-13-19/h5-10,12-15,18,21H,4,11,16-17H2,1-3H3,(H,24,28)(H2,25,26,29)/t21-/m0/s1. The number of benzene rings is 2. The number of amides is 3. The first-order valence-electron chi connectivity index (χ1n) is 10.2. The Morgan fingerprint density at radius 2 is 1.59 bits per heavy atom. The van der Waals surface area contributed by atoms with Gasteiger partial charge in [0.25, 0.3) is 0 Å². The lowest BCUT2D eigenvalue weighted by molar-refractivity contribution is -0.123. The number of rotatable bonds is 10. The molecule has 0 spiro atoms. The predicted molar refractivity (Wildman–Crippen MR) is 119 cm³/mol. The van der Waals surface area contributed by atoms with Gasteiger partial charge in [-0.2, -0.15) is 0 Å². The molecule has 0 unspecified atom stereocenters. The zero-order chi connectivity index (χ0) is 21.1. The molecule has 156 valence electrons. The lowest BCUT2D eigenvalue weighted by atomic mass is 10.0. The van der Waals surface area contributed by atoms with Crippen LogP contribution >= 0.6 is 0 Å². The molecule has 0 bridgehead atoms. The van der Waals surface area contributed by atoms with Crippen molar-refractivity contribution in [2.24, 2.45) is 5.92 Å². The van der Waals surface area contributed by atoms with Crippen molar-refractivity contribution in [3.05, 3.63) is 60.7 Å². The molecule has 0 aliphatic rings. The van der Waals surface area contributed by atoms with Gasteiger partial charge in [-0.3, -0.25) is 4.79 Å². The van der Waals surface area contributed by atoms with Gasteiger partial charge in [0, 0.05) is 31.0 Å². The Balaban J connectivity index is 1.79. The van der Waals surface area contributed by atoms with Crippen molar-refractivity contribution in [3.8, 4) is 0 Å². The Morgan fingerprint density at radius 1 is 0.966 bits per heavy atom. The third kappa shape index (κ3) is 7.49. The summed E-state index contributed by atoms with van der Waals surface area (Å²) in [6.45, 7) is 8.29. The normalized spacial score (nSPS) is 11.6. The number of carbonyl (C=O) groups is 2. The van der Waals surface area contributed by atoms with Crippen LogP contribution in [0.4, 0.5) is 16.2 Å². The van der Waals surface area contributed by atoms with Crippen molar-refractivity contribution < 1.29 is 9.59 Å². The molecule has 0 saturated carbocycles. The number of carbonyl (C=O) groups excluding carboxylic acids is 2. The van der Waals surface area contributed by atoms with E-state index in [0.717, 1.165) is 19.5 Å². The molecule has 0 saturated heterocycles. The molecule has 2 aromatic carbocycles. The summed E-state index contributed by atoms with van der Waals surface area (Å²) in [5.74, 6) is -0.182. The SMILES string of the molecule is CCN(CCCNC(=O)[C@@H](NC(=O)Nc1ccccc1)C(C)C)c1ccccc1. The van der Waals surface area contributed by atoms with Crippen LogP contribution in [0.5, 0.6) is 0 Å². The highest BCUT2D eigenvalue weighted by Gasteiger charge is 2.23. The Morgan fingerprint density at radius 3 is 2.17 bits per heavy atom. The van der Waals surface area contributed by atoms with E-state index in [9.17, 15) is 9.59 Å².